The smallest absolute Gasteiger partial charge is 0.216 e. The van der Waals surface area contributed by atoms with Crippen LogP contribution >= 0.6 is 12.4 Å². The minimum atomic E-state index is -3.18. The zero-order valence-corrected chi connectivity index (χ0v) is 10.7. The molecular weight excluding hydrogens is 240 g/mol. The van der Waals surface area contributed by atoms with Crippen LogP contribution < -0.4 is 5.73 Å². The average Bonchev–Trinajstić information content (AvgIpc) is 2.51. The Morgan fingerprint density at radius 1 is 1.60 bits per heavy atom. The van der Waals surface area contributed by atoms with E-state index in [0.29, 0.717) is 13.1 Å². The van der Waals surface area contributed by atoms with Gasteiger partial charge >= 0.3 is 0 Å². The van der Waals surface area contributed by atoms with Gasteiger partial charge < -0.3 is 10.5 Å². The topological polar surface area (TPSA) is 72.6 Å². The van der Waals surface area contributed by atoms with Gasteiger partial charge in [0.15, 0.2) is 0 Å². The molecule has 2 N–H and O–H groups in total. The molecule has 92 valence electrons. The lowest BCUT2D eigenvalue weighted by Gasteiger charge is -2.18. The van der Waals surface area contributed by atoms with Crippen molar-refractivity contribution in [2.75, 3.05) is 26.0 Å². The van der Waals surface area contributed by atoms with Gasteiger partial charge in [0, 0.05) is 26.2 Å². The van der Waals surface area contributed by atoms with Gasteiger partial charge in [-0.25, -0.2) is 12.7 Å². The van der Waals surface area contributed by atoms with Crippen LogP contribution in [0.25, 0.3) is 0 Å². The molecule has 1 heterocycles. The van der Waals surface area contributed by atoms with Crippen LogP contribution in [0.3, 0.4) is 0 Å². The molecule has 0 amide bonds. The van der Waals surface area contributed by atoms with Gasteiger partial charge in [0.1, 0.15) is 0 Å². The highest BCUT2D eigenvalue weighted by Crippen LogP contribution is 2.13. The summed E-state index contributed by atoms with van der Waals surface area (Å²) in [6, 6.07) is -0.0115. The van der Waals surface area contributed by atoms with Crippen LogP contribution in [0.1, 0.15) is 13.3 Å². The van der Waals surface area contributed by atoms with Crippen LogP contribution in [0, 0.1) is 0 Å². The second-order valence-corrected chi connectivity index (χ2v) is 5.75. The second-order valence-electron chi connectivity index (χ2n) is 3.73. The second kappa shape index (κ2) is 6.00. The summed E-state index contributed by atoms with van der Waals surface area (Å²) in [5.74, 6) is 0.0379. The van der Waals surface area contributed by atoms with E-state index >= 15 is 0 Å². The summed E-state index contributed by atoms with van der Waals surface area (Å²) in [5.41, 5.74) is 5.65. The zero-order chi connectivity index (χ0) is 10.8. The standard InChI is InChI=1S/C8H18N2O3S.ClH/c1-7(13-2)6-14(11,12)10-4-3-8(9)5-10;/h7-8H,3-6,9H2,1-2H3;1H/t7?,8-;/m1./s1. The Morgan fingerprint density at radius 2 is 2.20 bits per heavy atom. The third kappa shape index (κ3) is 4.24. The molecule has 0 spiro atoms. The molecule has 0 bridgehead atoms. The lowest BCUT2D eigenvalue weighted by Crippen LogP contribution is -2.36. The maximum atomic E-state index is 11.7. The fraction of sp³-hybridized carbons (Fsp3) is 1.00. The first-order valence-corrected chi connectivity index (χ1v) is 6.33. The summed E-state index contributed by atoms with van der Waals surface area (Å²) in [4.78, 5) is 0. The van der Waals surface area contributed by atoms with Gasteiger partial charge in [-0.3, -0.25) is 0 Å². The fourth-order valence-corrected chi connectivity index (χ4v) is 3.22. The summed E-state index contributed by atoms with van der Waals surface area (Å²) in [6.07, 6.45) is 0.484. The number of rotatable bonds is 4. The quantitative estimate of drug-likeness (QED) is 0.759. The van der Waals surface area contributed by atoms with Crippen LogP contribution in [-0.4, -0.2) is 50.8 Å². The van der Waals surface area contributed by atoms with Crippen LogP contribution in [-0.2, 0) is 14.8 Å². The summed E-state index contributed by atoms with van der Waals surface area (Å²) < 4.78 is 29.9. The molecule has 1 aliphatic heterocycles. The van der Waals surface area contributed by atoms with Gasteiger partial charge in [-0.05, 0) is 13.3 Å². The molecule has 0 aliphatic carbocycles. The van der Waals surface area contributed by atoms with Crippen molar-refractivity contribution in [2.24, 2.45) is 5.73 Å². The van der Waals surface area contributed by atoms with Crippen LogP contribution in [0.15, 0.2) is 0 Å². The summed E-state index contributed by atoms with van der Waals surface area (Å²) in [5, 5.41) is 0. The van der Waals surface area contributed by atoms with Gasteiger partial charge in [-0.15, -0.1) is 12.4 Å². The number of nitrogens with zero attached hydrogens (tertiary/aromatic N) is 1. The average molecular weight is 259 g/mol. The van der Waals surface area contributed by atoms with Crippen LogP contribution in [0.2, 0.25) is 0 Å². The molecule has 0 saturated carbocycles. The Morgan fingerprint density at radius 3 is 2.60 bits per heavy atom. The Kier molecular flexibility index (Phi) is 6.05. The van der Waals surface area contributed by atoms with Crippen molar-refractivity contribution in [1.29, 1.82) is 0 Å². The van der Waals surface area contributed by atoms with E-state index in [1.807, 2.05) is 0 Å². The molecule has 0 aromatic carbocycles. The number of sulfonamides is 1. The number of halogens is 1. The molecule has 7 heteroatoms. The van der Waals surface area contributed by atoms with E-state index in [-0.39, 0.29) is 30.3 Å². The minimum absolute atomic E-state index is 0. The van der Waals surface area contributed by atoms with Crippen molar-refractivity contribution in [1.82, 2.24) is 4.31 Å². The van der Waals surface area contributed by atoms with E-state index in [2.05, 4.69) is 0 Å². The van der Waals surface area contributed by atoms with E-state index < -0.39 is 10.0 Å². The first-order chi connectivity index (χ1) is 6.45. The van der Waals surface area contributed by atoms with Gasteiger partial charge in [0.05, 0.1) is 11.9 Å². The monoisotopic (exact) mass is 258 g/mol. The van der Waals surface area contributed by atoms with E-state index in [1.54, 1.807) is 6.92 Å². The number of nitrogens with two attached hydrogens (primary N) is 1. The number of hydrogen-bond acceptors (Lipinski definition) is 4. The lowest BCUT2D eigenvalue weighted by atomic mass is 10.3. The minimum Gasteiger partial charge on any atom is -0.381 e. The Balaban J connectivity index is 0.00000196. The summed E-state index contributed by atoms with van der Waals surface area (Å²) >= 11 is 0. The van der Waals surface area contributed by atoms with Crippen molar-refractivity contribution in [3.63, 3.8) is 0 Å². The molecule has 5 nitrogen and oxygen atoms in total. The Bertz CT molecular complexity index is 284. The highest BCUT2D eigenvalue weighted by Gasteiger charge is 2.30. The van der Waals surface area contributed by atoms with Crippen LogP contribution in [0.5, 0.6) is 0 Å². The zero-order valence-electron chi connectivity index (χ0n) is 9.05. The van der Waals surface area contributed by atoms with Gasteiger partial charge in [0.2, 0.25) is 10.0 Å². The van der Waals surface area contributed by atoms with Gasteiger partial charge in [-0.1, -0.05) is 0 Å². The van der Waals surface area contributed by atoms with E-state index in [4.69, 9.17) is 10.5 Å². The molecule has 1 rings (SSSR count). The summed E-state index contributed by atoms with van der Waals surface area (Å²) in [7, 11) is -1.67. The van der Waals surface area contributed by atoms with E-state index in [1.165, 1.54) is 11.4 Å². The van der Waals surface area contributed by atoms with Crippen molar-refractivity contribution in [3.8, 4) is 0 Å². The SMILES string of the molecule is COC(C)CS(=O)(=O)N1CC[C@@H](N)C1.Cl. The lowest BCUT2D eigenvalue weighted by molar-refractivity contribution is 0.135. The first kappa shape index (κ1) is 15.1. The van der Waals surface area contributed by atoms with Crippen LogP contribution in [0.4, 0.5) is 0 Å². The molecule has 1 unspecified atom stereocenters. The predicted octanol–water partition coefficient (Wildman–Crippen LogP) is -0.194. The predicted molar refractivity (Wildman–Crippen MR) is 61.7 cm³/mol. The van der Waals surface area contributed by atoms with E-state index in [9.17, 15) is 8.42 Å². The summed E-state index contributed by atoms with van der Waals surface area (Å²) in [6.45, 7) is 2.73. The maximum Gasteiger partial charge on any atom is 0.216 e. The van der Waals surface area contributed by atoms with E-state index in [0.717, 1.165) is 6.42 Å². The van der Waals surface area contributed by atoms with Crippen molar-refractivity contribution in [3.05, 3.63) is 0 Å². The molecule has 1 aliphatic rings. The normalized spacial score (nSPS) is 24.9. The Labute approximate surface area is 97.4 Å². The highest BCUT2D eigenvalue weighted by atomic mass is 35.5. The number of methoxy groups -OCH3 is 1. The largest absolute Gasteiger partial charge is 0.381 e. The molecule has 15 heavy (non-hydrogen) atoms. The molecule has 1 saturated heterocycles. The molecule has 0 aromatic rings. The third-order valence-corrected chi connectivity index (χ3v) is 4.44. The molecule has 1 fully saturated rings. The Hall–Kier alpha value is 0.120. The molecule has 0 aromatic heterocycles. The highest BCUT2D eigenvalue weighted by molar-refractivity contribution is 7.89. The number of ether oxygens (including phenoxy) is 1. The first-order valence-electron chi connectivity index (χ1n) is 4.72. The molecule has 2 atom stereocenters. The maximum absolute atomic E-state index is 11.7. The molecular formula is C8H19ClN2O3S. The fourth-order valence-electron chi connectivity index (χ4n) is 1.48. The third-order valence-electron chi connectivity index (χ3n) is 2.43. The number of hydrogen-bond donors (Lipinski definition) is 1. The van der Waals surface area contributed by atoms with Crippen molar-refractivity contribution < 1.29 is 13.2 Å². The van der Waals surface area contributed by atoms with Crippen molar-refractivity contribution in [2.45, 2.75) is 25.5 Å². The van der Waals surface area contributed by atoms with Gasteiger partial charge in [0.25, 0.3) is 0 Å². The van der Waals surface area contributed by atoms with Gasteiger partial charge in [-0.2, -0.15) is 0 Å². The van der Waals surface area contributed by atoms with Crippen molar-refractivity contribution >= 4 is 22.4 Å². The molecule has 0 radical (unpaired) electrons.